The summed E-state index contributed by atoms with van der Waals surface area (Å²) in [6.45, 7) is 0.627. The molecule has 1 aliphatic heterocycles. The molecule has 0 bridgehead atoms. The number of aliphatic hydroxyl groups is 1. The number of piperazine rings is 1. The number of rotatable bonds is 4. The van der Waals surface area contributed by atoms with E-state index in [1.165, 1.54) is 24.3 Å². The zero-order chi connectivity index (χ0) is 21.2. The van der Waals surface area contributed by atoms with Gasteiger partial charge in [0.15, 0.2) is 5.69 Å². The third-order valence-corrected chi connectivity index (χ3v) is 4.29. The Morgan fingerprint density at radius 2 is 1.52 bits per heavy atom. The molecular formula is C17H16F6N4O2. The van der Waals surface area contributed by atoms with Crippen LogP contribution in [-0.4, -0.2) is 47.6 Å². The van der Waals surface area contributed by atoms with Crippen molar-refractivity contribution in [1.82, 2.24) is 9.97 Å². The summed E-state index contributed by atoms with van der Waals surface area (Å²) < 4.78 is 79.8. The number of alkyl halides is 6. The summed E-state index contributed by atoms with van der Waals surface area (Å²) >= 11 is 0. The van der Waals surface area contributed by atoms with E-state index in [1.807, 2.05) is 4.90 Å². The van der Waals surface area contributed by atoms with E-state index in [4.69, 9.17) is 5.11 Å². The fourth-order valence-corrected chi connectivity index (χ4v) is 2.93. The van der Waals surface area contributed by atoms with Gasteiger partial charge in [-0.15, -0.1) is 13.2 Å². The van der Waals surface area contributed by atoms with Gasteiger partial charge in [-0.1, -0.05) is 0 Å². The number of hydrogen-bond acceptors (Lipinski definition) is 6. The van der Waals surface area contributed by atoms with Gasteiger partial charge < -0.3 is 19.6 Å². The topological polar surface area (TPSA) is 61.7 Å². The second-order valence-electron chi connectivity index (χ2n) is 6.22. The quantitative estimate of drug-likeness (QED) is 0.764. The molecule has 1 aromatic carbocycles. The molecule has 1 saturated heterocycles. The molecule has 1 aliphatic rings. The molecule has 0 spiro atoms. The third-order valence-electron chi connectivity index (χ3n) is 4.29. The summed E-state index contributed by atoms with van der Waals surface area (Å²) in [5.74, 6) is -0.431. The Morgan fingerprint density at radius 3 is 2.03 bits per heavy atom. The Bertz CT molecular complexity index is 833. The summed E-state index contributed by atoms with van der Waals surface area (Å²) in [6.07, 6.45) is -8.53. The number of aromatic nitrogens is 2. The van der Waals surface area contributed by atoms with Crippen molar-refractivity contribution in [2.24, 2.45) is 0 Å². The van der Waals surface area contributed by atoms with Crippen molar-refractivity contribution >= 4 is 11.6 Å². The first kappa shape index (κ1) is 21.0. The van der Waals surface area contributed by atoms with Gasteiger partial charge in [-0.25, -0.2) is 9.97 Å². The third kappa shape index (κ3) is 5.19. The van der Waals surface area contributed by atoms with Gasteiger partial charge in [0.25, 0.3) is 0 Å². The second-order valence-corrected chi connectivity index (χ2v) is 6.22. The van der Waals surface area contributed by atoms with Crippen LogP contribution in [0.5, 0.6) is 5.75 Å². The second kappa shape index (κ2) is 7.93. The van der Waals surface area contributed by atoms with E-state index in [0.717, 1.165) is 6.20 Å². The Morgan fingerprint density at radius 1 is 0.931 bits per heavy atom. The molecule has 6 nitrogen and oxygen atoms in total. The highest BCUT2D eigenvalue weighted by atomic mass is 19.4. The normalized spacial score (nSPS) is 15.6. The van der Waals surface area contributed by atoms with Crippen molar-refractivity contribution in [2.45, 2.75) is 19.1 Å². The smallest absolute Gasteiger partial charge is 0.406 e. The molecule has 29 heavy (non-hydrogen) atoms. The van der Waals surface area contributed by atoms with Crippen molar-refractivity contribution in [3.8, 4) is 5.75 Å². The number of aliphatic hydroxyl groups excluding tert-OH is 1. The average Bonchev–Trinajstić information content (AvgIpc) is 2.66. The van der Waals surface area contributed by atoms with Crippen LogP contribution in [0, 0.1) is 0 Å². The predicted octanol–water partition coefficient (Wildman–Crippen LogP) is 3.21. The maximum atomic E-state index is 13.1. The van der Waals surface area contributed by atoms with Crippen molar-refractivity contribution in [3.63, 3.8) is 0 Å². The number of hydrogen-bond donors (Lipinski definition) is 1. The largest absolute Gasteiger partial charge is 0.573 e. The minimum atomic E-state index is -4.77. The summed E-state index contributed by atoms with van der Waals surface area (Å²) in [5.41, 5.74) is -0.916. The number of anilines is 2. The fourth-order valence-electron chi connectivity index (χ4n) is 2.93. The monoisotopic (exact) mass is 422 g/mol. The predicted molar refractivity (Wildman–Crippen MR) is 90.5 cm³/mol. The van der Waals surface area contributed by atoms with Gasteiger partial charge >= 0.3 is 12.5 Å². The van der Waals surface area contributed by atoms with E-state index in [2.05, 4.69) is 14.7 Å². The van der Waals surface area contributed by atoms with Gasteiger partial charge in [0, 0.05) is 43.6 Å². The van der Waals surface area contributed by atoms with Crippen LogP contribution in [0.1, 0.15) is 11.3 Å². The molecule has 2 heterocycles. The van der Waals surface area contributed by atoms with Crippen LogP contribution in [0.2, 0.25) is 0 Å². The van der Waals surface area contributed by atoms with Gasteiger partial charge in [-0.05, 0) is 24.3 Å². The molecular weight excluding hydrogens is 406 g/mol. The summed E-state index contributed by atoms with van der Waals surface area (Å²) in [4.78, 5) is 10.9. The van der Waals surface area contributed by atoms with E-state index < -0.39 is 30.4 Å². The Kier molecular flexibility index (Phi) is 5.73. The van der Waals surface area contributed by atoms with Gasteiger partial charge in [0.05, 0.1) is 6.61 Å². The lowest BCUT2D eigenvalue weighted by atomic mass is 10.2. The fraction of sp³-hybridized carbons (Fsp3) is 0.412. The molecule has 2 aromatic rings. The van der Waals surface area contributed by atoms with E-state index >= 15 is 0 Å². The molecule has 1 aromatic heterocycles. The number of ether oxygens (including phenoxy) is 1. The maximum Gasteiger partial charge on any atom is 0.573 e. The lowest BCUT2D eigenvalue weighted by Crippen LogP contribution is -2.47. The Hall–Kier alpha value is -2.76. The van der Waals surface area contributed by atoms with Crippen LogP contribution >= 0.6 is 0 Å². The number of nitrogens with zero attached hydrogens (tertiary/aromatic N) is 4. The van der Waals surface area contributed by atoms with Gasteiger partial charge in [-0.2, -0.15) is 13.2 Å². The molecule has 1 N–H and O–H groups in total. The molecule has 0 radical (unpaired) electrons. The lowest BCUT2D eigenvalue weighted by molar-refractivity contribution is -0.274. The van der Waals surface area contributed by atoms with Crippen molar-refractivity contribution in [1.29, 1.82) is 0 Å². The first-order chi connectivity index (χ1) is 13.6. The highest BCUT2D eigenvalue weighted by Gasteiger charge is 2.36. The van der Waals surface area contributed by atoms with E-state index in [1.54, 1.807) is 4.90 Å². The molecule has 12 heteroatoms. The van der Waals surface area contributed by atoms with Crippen molar-refractivity contribution < 1.29 is 36.2 Å². The Balaban J connectivity index is 1.66. The molecule has 1 fully saturated rings. The SMILES string of the molecule is OCc1cnc(N2CCN(c3ccc(OC(F)(F)F)cc3)CC2)nc1C(F)(F)F. The molecule has 0 aliphatic carbocycles. The standard InChI is InChI=1S/C17H16F6N4O2/c18-16(19,20)14-11(10-28)9-24-15(25-14)27-7-5-26(6-8-27)12-1-3-13(4-2-12)29-17(21,22)23/h1-4,9,28H,5-8,10H2. The molecule has 0 amide bonds. The summed E-state index contributed by atoms with van der Waals surface area (Å²) in [7, 11) is 0. The lowest BCUT2D eigenvalue weighted by Gasteiger charge is -2.36. The highest BCUT2D eigenvalue weighted by molar-refractivity contribution is 5.51. The van der Waals surface area contributed by atoms with Crippen molar-refractivity contribution in [2.75, 3.05) is 36.0 Å². The number of benzene rings is 1. The van der Waals surface area contributed by atoms with Crippen molar-refractivity contribution in [3.05, 3.63) is 41.7 Å². The van der Waals surface area contributed by atoms with Crippen LogP contribution in [0.25, 0.3) is 0 Å². The van der Waals surface area contributed by atoms with Crippen LogP contribution in [0.3, 0.4) is 0 Å². The first-order valence-electron chi connectivity index (χ1n) is 8.46. The molecule has 3 rings (SSSR count). The minimum Gasteiger partial charge on any atom is -0.406 e. The minimum absolute atomic E-state index is 0.0944. The molecule has 0 atom stereocenters. The molecule has 0 saturated carbocycles. The molecule has 0 unspecified atom stereocenters. The zero-order valence-electron chi connectivity index (χ0n) is 14.8. The zero-order valence-corrected chi connectivity index (χ0v) is 14.8. The highest BCUT2D eigenvalue weighted by Crippen LogP contribution is 2.32. The Labute approximate surface area is 161 Å². The number of halogens is 6. The van der Waals surface area contributed by atoms with E-state index in [9.17, 15) is 26.3 Å². The van der Waals surface area contributed by atoms with Gasteiger partial charge in [0.2, 0.25) is 5.95 Å². The summed E-state index contributed by atoms with van der Waals surface area (Å²) in [6, 6.07) is 5.35. The van der Waals surface area contributed by atoms with Crippen LogP contribution < -0.4 is 14.5 Å². The van der Waals surface area contributed by atoms with Gasteiger partial charge in [0.1, 0.15) is 5.75 Å². The molecule has 158 valence electrons. The van der Waals surface area contributed by atoms with Crippen LogP contribution in [0.15, 0.2) is 30.5 Å². The van der Waals surface area contributed by atoms with E-state index in [-0.39, 0.29) is 11.7 Å². The summed E-state index contributed by atoms with van der Waals surface area (Å²) in [5, 5.41) is 9.05. The van der Waals surface area contributed by atoms with E-state index in [0.29, 0.717) is 31.9 Å². The van der Waals surface area contributed by atoms with Crippen LogP contribution in [-0.2, 0) is 12.8 Å². The maximum absolute atomic E-state index is 13.1. The van der Waals surface area contributed by atoms with Gasteiger partial charge in [-0.3, -0.25) is 0 Å². The van der Waals surface area contributed by atoms with Crippen LogP contribution in [0.4, 0.5) is 38.0 Å². The average molecular weight is 422 g/mol. The first-order valence-corrected chi connectivity index (χ1v) is 8.46.